The summed E-state index contributed by atoms with van der Waals surface area (Å²) in [4.78, 5) is 23.3. The molecule has 2 aromatic carbocycles. The van der Waals surface area contributed by atoms with Crippen LogP contribution < -0.4 is 0 Å². The van der Waals surface area contributed by atoms with Crippen LogP contribution in [0.1, 0.15) is 31.8 Å². The van der Waals surface area contributed by atoms with Crippen LogP contribution in [0, 0.1) is 0 Å². The van der Waals surface area contributed by atoms with E-state index in [9.17, 15) is 14.7 Å². The number of carbonyl (C=O) groups excluding carboxylic acids is 1. The Balaban J connectivity index is 2.52. The molecule has 0 amide bonds. The molecule has 0 bridgehead atoms. The van der Waals surface area contributed by atoms with E-state index < -0.39 is 5.97 Å². The topological polar surface area (TPSA) is 54.4 Å². The Hall–Kier alpha value is -1.94. The van der Waals surface area contributed by atoms with Gasteiger partial charge >= 0.3 is 5.97 Å². The Morgan fingerprint density at radius 1 is 0.950 bits per heavy atom. The van der Waals surface area contributed by atoms with Gasteiger partial charge in [0, 0.05) is 5.56 Å². The minimum Gasteiger partial charge on any atom is -0.478 e. The fraction of sp³-hybridized carbons (Fsp3) is 0.125. The summed E-state index contributed by atoms with van der Waals surface area (Å²) in [5.41, 5.74) is 2.19. The fourth-order valence-corrected chi connectivity index (χ4v) is 2.41. The van der Waals surface area contributed by atoms with Gasteiger partial charge in [-0.1, -0.05) is 58.4 Å². The second-order valence-electron chi connectivity index (χ2n) is 4.36. The molecule has 0 aromatic heterocycles. The molecular weight excluding hydrogens is 320 g/mol. The number of benzene rings is 2. The number of carbonyl (C=O) groups is 2. The molecule has 0 radical (unpaired) electrons. The lowest BCUT2D eigenvalue weighted by Gasteiger charge is -2.11. The second kappa shape index (κ2) is 6.48. The molecule has 0 aliphatic rings. The maximum absolute atomic E-state index is 12.0. The zero-order valence-electron chi connectivity index (χ0n) is 10.7. The number of hydrogen-bond donors (Lipinski definition) is 1. The normalized spacial score (nSPS) is 10.2. The van der Waals surface area contributed by atoms with E-state index in [4.69, 9.17) is 0 Å². The molecule has 4 heteroatoms. The van der Waals surface area contributed by atoms with Gasteiger partial charge < -0.3 is 5.11 Å². The number of carboxylic acids is 1. The van der Waals surface area contributed by atoms with Crippen molar-refractivity contribution < 1.29 is 14.7 Å². The molecule has 0 heterocycles. The van der Waals surface area contributed by atoms with Crippen molar-refractivity contribution >= 4 is 27.7 Å². The summed E-state index contributed by atoms with van der Waals surface area (Å²) >= 11 is 3.14. The van der Waals surface area contributed by atoms with Gasteiger partial charge in [-0.15, -0.1) is 0 Å². The van der Waals surface area contributed by atoms with E-state index in [1.165, 1.54) is 6.07 Å². The summed E-state index contributed by atoms with van der Waals surface area (Å²) in [7, 11) is 0. The first-order chi connectivity index (χ1) is 9.63. The highest BCUT2D eigenvalue weighted by atomic mass is 79.9. The number of halogens is 1. The van der Waals surface area contributed by atoms with Crippen LogP contribution in [0.4, 0.5) is 0 Å². The number of Topliss-reactive ketones (excluding diaryl/α,β-unsaturated/α-hetero) is 1. The Bertz CT molecular complexity index is 635. The molecule has 0 saturated carbocycles. The lowest BCUT2D eigenvalue weighted by atomic mass is 9.93. The molecule has 102 valence electrons. The molecule has 0 fully saturated rings. The van der Waals surface area contributed by atoms with E-state index in [1.54, 1.807) is 12.1 Å². The SMILES string of the molecule is O=C(O)c1cccc(C(=O)CBr)c1Cc1ccccc1. The summed E-state index contributed by atoms with van der Waals surface area (Å²) < 4.78 is 0. The smallest absolute Gasteiger partial charge is 0.335 e. The Labute approximate surface area is 125 Å². The predicted molar refractivity (Wildman–Crippen MR) is 80.8 cm³/mol. The first kappa shape index (κ1) is 14.5. The second-order valence-corrected chi connectivity index (χ2v) is 4.92. The van der Waals surface area contributed by atoms with Gasteiger partial charge in [0.05, 0.1) is 10.9 Å². The highest BCUT2D eigenvalue weighted by molar-refractivity contribution is 9.09. The largest absolute Gasteiger partial charge is 0.478 e. The van der Waals surface area contributed by atoms with Crippen molar-refractivity contribution in [3.05, 3.63) is 70.8 Å². The third kappa shape index (κ3) is 3.14. The van der Waals surface area contributed by atoms with Gasteiger partial charge in [-0.05, 0) is 23.6 Å². The first-order valence-corrected chi connectivity index (χ1v) is 7.24. The van der Waals surface area contributed by atoms with Gasteiger partial charge in [-0.3, -0.25) is 4.79 Å². The van der Waals surface area contributed by atoms with Gasteiger partial charge in [0.25, 0.3) is 0 Å². The van der Waals surface area contributed by atoms with Gasteiger partial charge in [-0.2, -0.15) is 0 Å². The number of rotatable bonds is 5. The Morgan fingerprint density at radius 3 is 2.20 bits per heavy atom. The monoisotopic (exact) mass is 332 g/mol. The van der Waals surface area contributed by atoms with Crippen molar-refractivity contribution in [2.45, 2.75) is 6.42 Å². The van der Waals surface area contributed by atoms with Crippen molar-refractivity contribution in [3.63, 3.8) is 0 Å². The van der Waals surface area contributed by atoms with Crippen LogP contribution in [0.5, 0.6) is 0 Å². The van der Waals surface area contributed by atoms with Gasteiger partial charge in [0.2, 0.25) is 0 Å². The molecule has 0 saturated heterocycles. The van der Waals surface area contributed by atoms with Crippen LogP contribution in [0.15, 0.2) is 48.5 Å². The summed E-state index contributed by atoms with van der Waals surface area (Å²) in [6.45, 7) is 0. The number of alkyl halides is 1. The zero-order valence-corrected chi connectivity index (χ0v) is 12.3. The predicted octanol–water partition coefficient (Wildman–Crippen LogP) is 3.55. The van der Waals surface area contributed by atoms with E-state index in [0.717, 1.165) is 5.56 Å². The van der Waals surface area contributed by atoms with Crippen LogP contribution in [0.2, 0.25) is 0 Å². The molecule has 0 aliphatic carbocycles. The number of hydrogen-bond acceptors (Lipinski definition) is 2. The maximum atomic E-state index is 12.0. The minimum absolute atomic E-state index is 0.112. The highest BCUT2D eigenvalue weighted by Crippen LogP contribution is 2.20. The molecule has 0 unspecified atom stereocenters. The highest BCUT2D eigenvalue weighted by Gasteiger charge is 2.18. The molecule has 0 atom stereocenters. The third-order valence-corrected chi connectivity index (χ3v) is 3.56. The standard InChI is InChI=1S/C16H13BrO3/c17-10-15(18)12-7-4-8-13(16(19)20)14(12)9-11-5-2-1-3-6-11/h1-8H,9-10H2,(H,19,20). The van der Waals surface area contributed by atoms with E-state index in [-0.39, 0.29) is 16.7 Å². The molecule has 0 spiro atoms. The van der Waals surface area contributed by atoms with Crippen LogP contribution >= 0.6 is 15.9 Å². The molecule has 1 N–H and O–H groups in total. The summed E-state index contributed by atoms with van der Waals surface area (Å²) in [5, 5.41) is 9.48. The van der Waals surface area contributed by atoms with Crippen LogP contribution in [0.25, 0.3) is 0 Å². The Morgan fingerprint density at radius 2 is 1.60 bits per heavy atom. The van der Waals surface area contributed by atoms with Crippen LogP contribution in [0.3, 0.4) is 0 Å². The lowest BCUT2D eigenvalue weighted by molar-refractivity contribution is 0.0696. The van der Waals surface area contributed by atoms with Gasteiger partial charge in [0.15, 0.2) is 5.78 Å². The summed E-state index contributed by atoms with van der Waals surface area (Å²) in [6, 6.07) is 14.3. The van der Waals surface area contributed by atoms with Crippen molar-refractivity contribution in [2.75, 3.05) is 5.33 Å². The van der Waals surface area contributed by atoms with E-state index in [2.05, 4.69) is 15.9 Å². The number of aromatic carboxylic acids is 1. The third-order valence-electron chi connectivity index (χ3n) is 3.05. The molecular formula is C16H13BrO3. The Kier molecular flexibility index (Phi) is 4.69. The van der Waals surface area contributed by atoms with Gasteiger partial charge in [0.1, 0.15) is 0 Å². The van der Waals surface area contributed by atoms with E-state index >= 15 is 0 Å². The fourth-order valence-electron chi connectivity index (χ4n) is 2.11. The zero-order chi connectivity index (χ0) is 14.5. The van der Waals surface area contributed by atoms with Crippen LogP contribution in [-0.2, 0) is 6.42 Å². The van der Waals surface area contributed by atoms with Crippen molar-refractivity contribution in [2.24, 2.45) is 0 Å². The summed E-state index contributed by atoms with van der Waals surface area (Å²) in [5.74, 6) is -1.13. The minimum atomic E-state index is -1.01. The molecule has 20 heavy (non-hydrogen) atoms. The molecule has 2 rings (SSSR count). The molecule has 2 aromatic rings. The molecule has 3 nitrogen and oxygen atoms in total. The average Bonchev–Trinajstić information content (AvgIpc) is 2.47. The quantitative estimate of drug-likeness (QED) is 0.672. The first-order valence-electron chi connectivity index (χ1n) is 6.11. The summed E-state index contributed by atoms with van der Waals surface area (Å²) in [6.07, 6.45) is 0.428. The van der Waals surface area contributed by atoms with E-state index in [0.29, 0.717) is 17.5 Å². The van der Waals surface area contributed by atoms with Crippen LogP contribution in [-0.4, -0.2) is 22.2 Å². The average molecular weight is 333 g/mol. The molecule has 0 aliphatic heterocycles. The van der Waals surface area contributed by atoms with Gasteiger partial charge in [-0.25, -0.2) is 4.79 Å². The number of carboxylic acid groups (broad SMARTS) is 1. The van der Waals surface area contributed by atoms with Crippen molar-refractivity contribution in [1.82, 2.24) is 0 Å². The van der Waals surface area contributed by atoms with Crippen molar-refractivity contribution in [3.8, 4) is 0 Å². The lowest BCUT2D eigenvalue weighted by Crippen LogP contribution is -2.11. The maximum Gasteiger partial charge on any atom is 0.335 e. The van der Waals surface area contributed by atoms with Crippen molar-refractivity contribution in [1.29, 1.82) is 0 Å². The van der Waals surface area contributed by atoms with E-state index in [1.807, 2.05) is 30.3 Å². The number of ketones is 1.